The summed E-state index contributed by atoms with van der Waals surface area (Å²) in [6.45, 7) is 14.5. The number of unbranched alkanes of at least 4 members (excludes halogenated alkanes) is 1. The van der Waals surface area contributed by atoms with E-state index in [0.29, 0.717) is 13.0 Å². The minimum absolute atomic E-state index is 0.113. The molecule has 0 heterocycles. The fourth-order valence-electron chi connectivity index (χ4n) is 1.42. The van der Waals surface area contributed by atoms with Gasteiger partial charge in [-0.15, -0.1) is 0 Å². The zero-order chi connectivity index (χ0) is 15.6. The van der Waals surface area contributed by atoms with Crippen LogP contribution in [0.1, 0.15) is 53.4 Å². The highest BCUT2D eigenvalue weighted by atomic mass is 28.4. The van der Waals surface area contributed by atoms with E-state index < -0.39 is 8.32 Å². The van der Waals surface area contributed by atoms with E-state index in [2.05, 4.69) is 46.0 Å². The molecule has 0 N–H and O–H groups in total. The number of carbonyl (C=O) groups is 1. The van der Waals surface area contributed by atoms with Crippen molar-refractivity contribution in [1.82, 2.24) is 0 Å². The Morgan fingerprint density at radius 2 is 1.75 bits per heavy atom. The first kappa shape index (κ1) is 19.4. The maximum absolute atomic E-state index is 11.1. The molecule has 0 spiro atoms. The highest BCUT2D eigenvalue weighted by Crippen LogP contribution is 2.36. The largest absolute Gasteiger partial charge is 0.466 e. The average molecular weight is 301 g/mol. The zero-order valence-electron chi connectivity index (χ0n) is 14.1. The SMILES string of the molecule is CCOC(=O)CC/C=C/CCCO[Si](C)(C)C(C)(C)C. The van der Waals surface area contributed by atoms with E-state index in [4.69, 9.17) is 9.16 Å². The zero-order valence-corrected chi connectivity index (χ0v) is 15.1. The predicted molar refractivity (Wildman–Crippen MR) is 87.4 cm³/mol. The minimum atomic E-state index is -1.59. The number of rotatable bonds is 9. The summed E-state index contributed by atoms with van der Waals surface area (Å²) in [5.74, 6) is -0.113. The molecule has 0 aromatic carbocycles. The lowest BCUT2D eigenvalue weighted by Crippen LogP contribution is -2.40. The molecule has 0 aromatic heterocycles. The Hall–Kier alpha value is -0.613. The molecule has 0 bridgehead atoms. The van der Waals surface area contributed by atoms with Crippen molar-refractivity contribution in [2.75, 3.05) is 13.2 Å². The molecular weight excluding hydrogens is 268 g/mol. The lowest BCUT2D eigenvalue weighted by atomic mass is 10.2. The van der Waals surface area contributed by atoms with Gasteiger partial charge in [-0.2, -0.15) is 0 Å². The molecule has 0 fully saturated rings. The second-order valence-electron chi connectivity index (χ2n) is 6.57. The van der Waals surface area contributed by atoms with Crippen molar-refractivity contribution in [1.29, 1.82) is 0 Å². The maximum atomic E-state index is 11.1. The van der Waals surface area contributed by atoms with Gasteiger partial charge in [0.15, 0.2) is 8.32 Å². The standard InChI is InChI=1S/C16H32O3Si/c1-7-18-15(17)13-11-9-8-10-12-14-19-20(5,6)16(2,3)4/h8-9H,7,10-14H2,1-6H3/b9-8+. The van der Waals surface area contributed by atoms with E-state index >= 15 is 0 Å². The molecule has 0 aromatic rings. The van der Waals surface area contributed by atoms with Gasteiger partial charge in [-0.3, -0.25) is 4.79 Å². The smallest absolute Gasteiger partial charge is 0.306 e. The first-order chi connectivity index (χ1) is 9.20. The first-order valence-corrected chi connectivity index (χ1v) is 10.6. The van der Waals surface area contributed by atoms with Crippen molar-refractivity contribution in [3.05, 3.63) is 12.2 Å². The summed E-state index contributed by atoms with van der Waals surface area (Å²) in [6.07, 6.45) is 7.49. The lowest BCUT2D eigenvalue weighted by molar-refractivity contribution is -0.143. The normalized spacial score (nSPS) is 12.9. The summed E-state index contributed by atoms with van der Waals surface area (Å²) in [4.78, 5) is 11.1. The van der Waals surface area contributed by atoms with Gasteiger partial charge in [0.25, 0.3) is 0 Å². The summed E-state index contributed by atoms with van der Waals surface area (Å²) < 4.78 is 11.0. The van der Waals surface area contributed by atoms with E-state index in [1.165, 1.54) is 0 Å². The van der Waals surface area contributed by atoms with Gasteiger partial charge >= 0.3 is 5.97 Å². The Balaban J connectivity index is 3.65. The van der Waals surface area contributed by atoms with Crippen molar-refractivity contribution in [2.45, 2.75) is 71.5 Å². The summed E-state index contributed by atoms with van der Waals surface area (Å²) in [6, 6.07) is 0. The van der Waals surface area contributed by atoms with E-state index in [1.807, 2.05) is 6.92 Å². The molecular formula is C16H32O3Si. The molecule has 0 aliphatic rings. The highest BCUT2D eigenvalue weighted by molar-refractivity contribution is 6.74. The fraction of sp³-hybridized carbons (Fsp3) is 0.812. The van der Waals surface area contributed by atoms with Gasteiger partial charge < -0.3 is 9.16 Å². The molecule has 3 nitrogen and oxygen atoms in total. The van der Waals surface area contributed by atoms with Crippen molar-refractivity contribution in [3.8, 4) is 0 Å². The van der Waals surface area contributed by atoms with Crippen molar-refractivity contribution >= 4 is 14.3 Å². The molecule has 0 saturated carbocycles. The van der Waals surface area contributed by atoms with Crippen LogP contribution < -0.4 is 0 Å². The molecule has 0 radical (unpaired) electrons. The van der Waals surface area contributed by atoms with Crippen LogP contribution in [0.3, 0.4) is 0 Å². The Labute approximate surface area is 125 Å². The predicted octanol–water partition coefficient (Wildman–Crippen LogP) is 4.69. The van der Waals surface area contributed by atoms with E-state index in [1.54, 1.807) is 0 Å². The van der Waals surface area contributed by atoms with Crippen LogP contribution in [0.5, 0.6) is 0 Å². The molecule has 118 valence electrons. The van der Waals surface area contributed by atoms with E-state index in [0.717, 1.165) is 25.9 Å². The second-order valence-corrected chi connectivity index (χ2v) is 11.4. The Morgan fingerprint density at radius 1 is 1.15 bits per heavy atom. The van der Waals surface area contributed by atoms with Crippen molar-refractivity contribution in [3.63, 3.8) is 0 Å². The van der Waals surface area contributed by atoms with E-state index in [-0.39, 0.29) is 11.0 Å². The summed E-state index contributed by atoms with van der Waals surface area (Å²) >= 11 is 0. The van der Waals surface area contributed by atoms with Gasteiger partial charge in [0.2, 0.25) is 0 Å². The van der Waals surface area contributed by atoms with Crippen LogP contribution in [0.15, 0.2) is 12.2 Å². The Morgan fingerprint density at radius 3 is 2.30 bits per heavy atom. The van der Waals surface area contributed by atoms with Crippen LogP contribution in [-0.4, -0.2) is 27.5 Å². The number of hydrogen-bond acceptors (Lipinski definition) is 3. The molecule has 0 unspecified atom stereocenters. The van der Waals surface area contributed by atoms with Gasteiger partial charge in [0.05, 0.1) is 6.61 Å². The quantitative estimate of drug-likeness (QED) is 0.268. The molecule has 0 aliphatic heterocycles. The second kappa shape index (κ2) is 9.35. The van der Waals surface area contributed by atoms with Crippen molar-refractivity contribution < 1.29 is 14.0 Å². The van der Waals surface area contributed by atoms with Crippen LogP contribution in [0.2, 0.25) is 18.1 Å². The number of esters is 1. The van der Waals surface area contributed by atoms with Gasteiger partial charge in [-0.1, -0.05) is 32.9 Å². The maximum Gasteiger partial charge on any atom is 0.306 e. The topological polar surface area (TPSA) is 35.5 Å². The molecule has 0 rings (SSSR count). The number of hydrogen-bond donors (Lipinski definition) is 0. The molecule has 0 amide bonds. The van der Waals surface area contributed by atoms with Crippen LogP contribution in [0.25, 0.3) is 0 Å². The third-order valence-electron chi connectivity index (χ3n) is 3.77. The lowest BCUT2D eigenvalue weighted by Gasteiger charge is -2.36. The van der Waals surface area contributed by atoms with Crippen molar-refractivity contribution in [2.24, 2.45) is 0 Å². The highest BCUT2D eigenvalue weighted by Gasteiger charge is 2.36. The van der Waals surface area contributed by atoms with E-state index in [9.17, 15) is 4.79 Å². The molecule has 0 atom stereocenters. The summed E-state index contributed by atoms with van der Waals surface area (Å²) in [5.41, 5.74) is 0. The monoisotopic (exact) mass is 300 g/mol. The van der Waals surface area contributed by atoms with Crippen LogP contribution in [0.4, 0.5) is 0 Å². The molecule has 20 heavy (non-hydrogen) atoms. The van der Waals surface area contributed by atoms with Crippen LogP contribution in [0, 0.1) is 0 Å². The number of ether oxygens (including phenoxy) is 1. The Bertz CT molecular complexity index is 303. The van der Waals surface area contributed by atoms with Crippen LogP contribution >= 0.6 is 0 Å². The van der Waals surface area contributed by atoms with Gasteiger partial charge in [0, 0.05) is 13.0 Å². The Kier molecular flexibility index (Phi) is 9.06. The molecule has 0 aliphatic carbocycles. The number of carbonyl (C=O) groups excluding carboxylic acids is 1. The molecule has 4 heteroatoms. The van der Waals surface area contributed by atoms with Gasteiger partial charge in [-0.05, 0) is 44.3 Å². The summed E-state index contributed by atoms with van der Waals surface area (Å²) in [7, 11) is -1.59. The minimum Gasteiger partial charge on any atom is -0.466 e. The third kappa shape index (κ3) is 8.54. The summed E-state index contributed by atoms with van der Waals surface area (Å²) in [5, 5.41) is 0.280. The molecule has 0 saturated heterocycles. The van der Waals surface area contributed by atoms with Gasteiger partial charge in [0.1, 0.15) is 0 Å². The number of allylic oxidation sites excluding steroid dienone is 2. The fourth-order valence-corrected chi connectivity index (χ4v) is 2.50. The average Bonchev–Trinajstić information content (AvgIpc) is 2.31. The van der Waals surface area contributed by atoms with Crippen LogP contribution in [-0.2, 0) is 14.0 Å². The third-order valence-corrected chi connectivity index (χ3v) is 8.31. The first-order valence-electron chi connectivity index (χ1n) is 7.65. The van der Waals surface area contributed by atoms with Gasteiger partial charge in [-0.25, -0.2) is 0 Å².